The highest BCUT2D eigenvalue weighted by atomic mass is 35.5. The smallest absolute Gasteiger partial charge is 0.0817 e. The van der Waals surface area contributed by atoms with Gasteiger partial charge in [-0.05, 0) is 35.6 Å². The molecule has 17 heavy (non-hydrogen) atoms. The number of hydrogen-bond donors (Lipinski definition) is 2. The van der Waals surface area contributed by atoms with Crippen molar-refractivity contribution in [3.05, 3.63) is 55.7 Å². The second kappa shape index (κ2) is 5.38. The fourth-order valence-electron chi connectivity index (χ4n) is 1.62. The number of nitrogens with two attached hydrogens (primary N) is 1. The lowest BCUT2D eigenvalue weighted by Gasteiger charge is -2.15. The molecule has 1 atom stereocenters. The van der Waals surface area contributed by atoms with Gasteiger partial charge in [0.15, 0.2) is 0 Å². The molecule has 0 saturated carbocycles. The summed E-state index contributed by atoms with van der Waals surface area (Å²) in [7, 11) is 0. The normalized spacial score (nSPS) is 12.7. The van der Waals surface area contributed by atoms with Crippen LogP contribution in [0.2, 0.25) is 10.0 Å². The average molecular weight is 287 g/mol. The molecule has 1 heterocycles. The Morgan fingerprint density at radius 3 is 2.35 bits per heavy atom. The third-order valence-corrected chi connectivity index (χ3v) is 4.59. The Hall–Kier alpha value is -0.580. The second-order valence-corrected chi connectivity index (χ2v) is 5.47. The van der Waals surface area contributed by atoms with Crippen LogP contribution in [0.5, 0.6) is 0 Å². The Balaban J connectivity index is 2.40. The molecule has 0 amide bonds. The van der Waals surface area contributed by atoms with Crippen molar-refractivity contribution in [1.29, 1.82) is 0 Å². The van der Waals surface area contributed by atoms with E-state index in [4.69, 9.17) is 29.0 Å². The van der Waals surface area contributed by atoms with E-state index in [-0.39, 0.29) is 6.04 Å². The number of rotatable bonds is 3. The summed E-state index contributed by atoms with van der Waals surface area (Å²) < 4.78 is 0. The van der Waals surface area contributed by atoms with E-state index < -0.39 is 0 Å². The molecule has 0 radical (unpaired) electrons. The lowest BCUT2D eigenvalue weighted by Crippen LogP contribution is -2.28. The van der Waals surface area contributed by atoms with Crippen LogP contribution >= 0.6 is 34.5 Å². The monoisotopic (exact) mass is 286 g/mol. The van der Waals surface area contributed by atoms with Crippen molar-refractivity contribution in [2.75, 3.05) is 0 Å². The summed E-state index contributed by atoms with van der Waals surface area (Å²) >= 11 is 13.7. The van der Waals surface area contributed by atoms with Crippen molar-refractivity contribution in [3.8, 4) is 0 Å². The fourth-order valence-corrected chi connectivity index (χ4v) is 3.14. The minimum Gasteiger partial charge on any atom is -0.271 e. The molecule has 0 saturated heterocycles. The van der Waals surface area contributed by atoms with E-state index in [9.17, 15) is 0 Å². The lowest BCUT2D eigenvalue weighted by molar-refractivity contribution is 0.646. The highest BCUT2D eigenvalue weighted by molar-refractivity contribution is 7.10. The summed E-state index contributed by atoms with van der Waals surface area (Å²) in [5.41, 5.74) is 4.90. The van der Waals surface area contributed by atoms with Crippen LogP contribution in [0, 0.1) is 6.92 Å². The molecule has 5 heteroatoms. The summed E-state index contributed by atoms with van der Waals surface area (Å²) in [6, 6.07) is 7.47. The van der Waals surface area contributed by atoms with Crippen molar-refractivity contribution in [2.45, 2.75) is 13.0 Å². The van der Waals surface area contributed by atoms with Gasteiger partial charge in [0.1, 0.15) is 0 Å². The maximum absolute atomic E-state index is 6.25. The zero-order valence-corrected chi connectivity index (χ0v) is 11.5. The molecule has 0 aliphatic heterocycles. The van der Waals surface area contributed by atoms with E-state index in [2.05, 4.69) is 5.43 Å². The van der Waals surface area contributed by atoms with Gasteiger partial charge in [-0.3, -0.25) is 5.84 Å². The highest BCUT2D eigenvalue weighted by Crippen LogP contribution is 2.35. The van der Waals surface area contributed by atoms with Gasteiger partial charge in [-0.2, -0.15) is 0 Å². The van der Waals surface area contributed by atoms with Gasteiger partial charge in [0, 0.05) is 9.90 Å². The van der Waals surface area contributed by atoms with E-state index in [0.717, 1.165) is 21.0 Å². The van der Waals surface area contributed by atoms with Gasteiger partial charge in [-0.15, -0.1) is 11.3 Å². The Bertz CT molecular complexity index is 508. The molecule has 0 spiro atoms. The van der Waals surface area contributed by atoms with Crippen LogP contribution in [0.1, 0.15) is 22.0 Å². The predicted octanol–water partition coefficient (Wildman–Crippen LogP) is 3.92. The third kappa shape index (κ3) is 2.64. The third-order valence-electron chi connectivity index (χ3n) is 2.56. The first-order valence-electron chi connectivity index (χ1n) is 5.08. The number of hydrogen-bond acceptors (Lipinski definition) is 3. The standard InChI is InChI=1S/C12H12Cl2N2S/c1-7-6-17-12(10(7)14)11(16-15)8-2-4-9(13)5-3-8/h2-6,11,16H,15H2,1H3. The molecular formula is C12H12Cl2N2S. The Morgan fingerprint density at radius 1 is 1.24 bits per heavy atom. The molecule has 0 fully saturated rings. The molecule has 2 rings (SSSR count). The molecular weight excluding hydrogens is 275 g/mol. The van der Waals surface area contributed by atoms with Gasteiger partial charge in [-0.25, -0.2) is 5.43 Å². The van der Waals surface area contributed by atoms with Crippen molar-refractivity contribution < 1.29 is 0 Å². The minimum atomic E-state index is -0.0986. The Morgan fingerprint density at radius 2 is 1.88 bits per heavy atom. The topological polar surface area (TPSA) is 38.0 Å². The highest BCUT2D eigenvalue weighted by Gasteiger charge is 2.18. The van der Waals surface area contributed by atoms with Gasteiger partial charge in [0.2, 0.25) is 0 Å². The van der Waals surface area contributed by atoms with E-state index in [1.54, 1.807) is 11.3 Å². The molecule has 2 nitrogen and oxygen atoms in total. The molecule has 0 bridgehead atoms. The van der Waals surface area contributed by atoms with Gasteiger partial charge in [0.25, 0.3) is 0 Å². The number of halogens is 2. The van der Waals surface area contributed by atoms with Gasteiger partial charge < -0.3 is 0 Å². The number of aryl methyl sites for hydroxylation is 1. The molecule has 1 aromatic carbocycles. The van der Waals surface area contributed by atoms with Crippen LogP contribution in [0.15, 0.2) is 29.6 Å². The first-order chi connectivity index (χ1) is 8.13. The SMILES string of the molecule is Cc1csc(C(NN)c2ccc(Cl)cc2)c1Cl. The minimum absolute atomic E-state index is 0.0986. The quantitative estimate of drug-likeness (QED) is 0.663. The Kier molecular flexibility index (Phi) is 4.07. The van der Waals surface area contributed by atoms with Crippen LogP contribution in [0.3, 0.4) is 0 Å². The van der Waals surface area contributed by atoms with Crippen molar-refractivity contribution >= 4 is 34.5 Å². The van der Waals surface area contributed by atoms with E-state index in [0.29, 0.717) is 5.02 Å². The van der Waals surface area contributed by atoms with Crippen LogP contribution in [-0.4, -0.2) is 0 Å². The molecule has 1 aromatic heterocycles. The van der Waals surface area contributed by atoms with Crippen molar-refractivity contribution in [2.24, 2.45) is 5.84 Å². The molecule has 3 N–H and O–H groups in total. The van der Waals surface area contributed by atoms with Crippen molar-refractivity contribution in [3.63, 3.8) is 0 Å². The van der Waals surface area contributed by atoms with Gasteiger partial charge >= 0.3 is 0 Å². The summed E-state index contributed by atoms with van der Waals surface area (Å²) in [6.45, 7) is 1.98. The summed E-state index contributed by atoms with van der Waals surface area (Å²) in [4.78, 5) is 1.02. The number of nitrogens with one attached hydrogen (secondary N) is 1. The zero-order chi connectivity index (χ0) is 12.4. The van der Waals surface area contributed by atoms with Crippen molar-refractivity contribution in [1.82, 2.24) is 5.43 Å². The molecule has 2 aromatic rings. The summed E-state index contributed by atoms with van der Waals surface area (Å²) in [6.07, 6.45) is 0. The molecule has 0 aliphatic carbocycles. The average Bonchev–Trinajstić information content (AvgIpc) is 2.65. The predicted molar refractivity (Wildman–Crippen MR) is 74.7 cm³/mol. The second-order valence-electron chi connectivity index (χ2n) is 3.75. The maximum Gasteiger partial charge on any atom is 0.0817 e. The maximum atomic E-state index is 6.25. The van der Waals surface area contributed by atoms with E-state index >= 15 is 0 Å². The number of thiophene rings is 1. The molecule has 1 unspecified atom stereocenters. The number of hydrazine groups is 1. The molecule has 0 aliphatic rings. The van der Waals surface area contributed by atoms with Crippen LogP contribution in [-0.2, 0) is 0 Å². The first kappa shape index (κ1) is 12.9. The first-order valence-corrected chi connectivity index (χ1v) is 6.72. The van der Waals surface area contributed by atoms with Gasteiger partial charge in [-0.1, -0.05) is 35.3 Å². The zero-order valence-electron chi connectivity index (χ0n) is 9.21. The largest absolute Gasteiger partial charge is 0.271 e. The fraction of sp³-hybridized carbons (Fsp3) is 0.167. The Labute approximate surface area is 114 Å². The van der Waals surface area contributed by atoms with E-state index in [1.165, 1.54) is 0 Å². The summed E-state index contributed by atoms with van der Waals surface area (Å²) in [5, 5.41) is 3.50. The summed E-state index contributed by atoms with van der Waals surface area (Å²) in [5.74, 6) is 5.62. The van der Waals surface area contributed by atoms with Gasteiger partial charge in [0.05, 0.1) is 11.1 Å². The molecule has 90 valence electrons. The van der Waals surface area contributed by atoms with Crippen LogP contribution < -0.4 is 11.3 Å². The lowest BCUT2D eigenvalue weighted by atomic mass is 10.1. The van der Waals surface area contributed by atoms with Crippen LogP contribution in [0.4, 0.5) is 0 Å². The van der Waals surface area contributed by atoms with Crippen LogP contribution in [0.25, 0.3) is 0 Å². The number of benzene rings is 1. The van der Waals surface area contributed by atoms with E-state index in [1.807, 2.05) is 36.6 Å².